The topological polar surface area (TPSA) is 25.8 Å². The third-order valence-corrected chi connectivity index (χ3v) is 14.0. The Kier molecular flexibility index (Phi) is 10.5. The Morgan fingerprint density at radius 2 is 1.58 bits per heavy atom. The predicted octanol–water partition coefficient (Wildman–Crippen LogP) is 11.0. The number of nitrogens with zero attached hydrogens (tertiary/aromatic N) is 2. The summed E-state index contributed by atoms with van der Waals surface area (Å²) in [6, 6.07) is 29.5. The van der Waals surface area contributed by atoms with Crippen molar-refractivity contribution in [2.45, 2.75) is 77.0 Å². The van der Waals surface area contributed by atoms with E-state index in [0.717, 1.165) is 28.1 Å². The first-order chi connectivity index (χ1) is 21.1. The van der Waals surface area contributed by atoms with E-state index in [9.17, 15) is 0 Å². The Morgan fingerprint density at radius 1 is 0.844 bits per heavy atom. The van der Waals surface area contributed by atoms with E-state index in [1.165, 1.54) is 41.3 Å². The van der Waals surface area contributed by atoms with Gasteiger partial charge in [0, 0.05) is 32.4 Å². The second-order valence-electron chi connectivity index (χ2n) is 13.9. The van der Waals surface area contributed by atoms with Crippen molar-refractivity contribution in [2.75, 3.05) is 0 Å². The van der Waals surface area contributed by atoms with Crippen molar-refractivity contribution in [1.29, 1.82) is 0 Å². The van der Waals surface area contributed by atoms with E-state index in [1.807, 2.05) is 67.8 Å². The summed E-state index contributed by atoms with van der Waals surface area (Å²) in [5.41, 5.74) is 9.25. The largest absolute Gasteiger partial charge is 0.305 e. The first kappa shape index (κ1) is 33.7. The zero-order valence-corrected chi connectivity index (χ0v) is 33.5. The third kappa shape index (κ3) is 7.68. The van der Waals surface area contributed by atoms with Crippen LogP contribution in [0.15, 0.2) is 79.1 Å². The third-order valence-electron chi connectivity index (χ3n) is 8.15. The van der Waals surface area contributed by atoms with Gasteiger partial charge in [0.15, 0.2) is 0 Å². The van der Waals surface area contributed by atoms with Gasteiger partial charge in [-0.1, -0.05) is 63.8 Å². The van der Waals surface area contributed by atoms with Crippen molar-refractivity contribution in [3.63, 3.8) is 0 Å². The summed E-state index contributed by atoms with van der Waals surface area (Å²) in [5.74, 6) is 6.55. The van der Waals surface area contributed by atoms with Crippen LogP contribution in [-0.4, -0.2) is 23.2 Å². The molecule has 0 aliphatic rings. The summed E-state index contributed by atoms with van der Waals surface area (Å²) in [4.78, 5) is 9.21. The van der Waals surface area contributed by atoms with Gasteiger partial charge in [0.2, 0.25) is 0 Å². The van der Waals surface area contributed by atoms with E-state index in [-0.39, 0.29) is 25.5 Å². The number of hydrogen-bond donors (Lipinski definition) is 0. The summed E-state index contributed by atoms with van der Waals surface area (Å²) in [5, 5.41) is 2.56. The van der Waals surface area contributed by atoms with Gasteiger partial charge in [-0.3, -0.25) is 0 Å². The smallest absolute Gasteiger partial charge is 0.0346 e. The first-order valence-electron chi connectivity index (χ1n) is 15.8. The number of fused-ring (bicyclic) bond motifs is 3. The molecule has 6 aromatic rings. The van der Waals surface area contributed by atoms with Gasteiger partial charge in [0.25, 0.3) is 0 Å². The summed E-state index contributed by atoms with van der Waals surface area (Å²) in [6.45, 7) is 15.1. The molecule has 0 N–H and O–H groups in total. The molecule has 45 heavy (non-hydrogen) atoms. The zero-order chi connectivity index (χ0) is 32.7. The van der Waals surface area contributed by atoms with E-state index >= 15 is 0 Å². The molecule has 0 spiro atoms. The molecule has 1 radical (unpaired) electrons. The van der Waals surface area contributed by atoms with E-state index in [2.05, 4.69) is 111 Å². The fourth-order valence-corrected chi connectivity index (χ4v) is 10.8. The van der Waals surface area contributed by atoms with Crippen LogP contribution in [0.4, 0.5) is 0 Å². The van der Waals surface area contributed by atoms with Gasteiger partial charge in [0.05, 0.1) is 0 Å². The molecule has 0 aliphatic heterocycles. The van der Waals surface area contributed by atoms with Crippen LogP contribution in [0.3, 0.4) is 0 Å². The van der Waals surface area contributed by atoms with E-state index in [4.69, 9.17) is 1.37 Å². The van der Waals surface area contributed by atoms with Crippen molar-refractivity contribution in [3.05, 3.63) is 114 Å². The normalized spacial score (nSPS) is 12.4. The summed E-state index contributed by atoms with van der Waals surface area (Å²) < 4.78 is 12.4. The number of rotatable bonds is 4. The van der Waals surface area contributed by atoms with Gasteiger partial charge in [-0.25, -0.2) is 0 Å². The average Bonchev–Trinajstić information content (AvgIpc) is 3.36. The maximum atomic E-state index is 8.36. The number of thiophene rings is 1. The Bertz CT molecular complexity index is 1980. The van der Waals surface area contributed by atoms with Gasteiger partial charge < -0.3 is 4.98 Å². The summed E-state index contributed by atoms with van der Waals surface area (Å²) in [6.07, 6.45) is 3.88. The van der Waals surface area contributed by atoms with Crippen LogP contribution in [0.5, 0.6) is 0 Å². The number of aryl methyl sites for hydroxylation is 2. The van der Waals surface area contributed by atoms with Crippen LogP contribution in [0, 0.1) is 26.0 Å². The van der Waals surface area contributed by atoms with Gasteiger partial charge in [-0.2, -0.15) is 11.3 Å². The van der Waals surface area contributed by atoms with Crippen LogP contribution < -0.4 is 4.40 Å². The number of hydrogen-bond acceptors (Lipinski definition) is 3. The van der Waals surface area contributed by atoms with Crippen molar-refractivity contribution in [1.82, 2.24) is 9.97 Å². The molecule has 0 saturated heterocycles. The maximum Gasteiger partial charge on any atom is 0.0346 e. The average molecular weight is 851 g/mol. The molecule has 3 aromatic carbocycles. The molecule has 2 nitrogen and oxygen atoms in total. The number of pyridine rings is 2. The molecule has 0 saturated carbocycles. The van der Waals surface area contributed by atoms with Crippen LogP contribution in [0.1, 0.15) is 64.1 Å². The second-order valence-corrected chi connectivity index (χ2v) is 25.5. The first-order valence-corrected chi connectivity index (χ1v) is 23.5. The number of benzene rings is 3. The Labute approximate surface area is 291 Å². The zero-order valence-electron chi connectivity index (χ0n) is 29.1. The van der Waals surface area contributed by atoms with Crippen molar-refractivity contribution < 1.29 is 21.5 Å². The van der Waals surface area contributed by atoms with E-state index in [1.54, 1.807) is 0 Å². The molecule has 0 atom stereocenters. The van der Waals surface area contributed by atoms with Crippen molar-refractivity contribution >= 4 is 49.2 Å². The maximum absolute atomic E-state index is 8.36. The molecule has 6 rings (SSSR count). The Hall–Kier alpha value is -2.63. The van der Waals surface area contributed by atoms with Gasteiger partial charge in [-0.15, -0.1) is 23.8 Å². The molecule has 3 aromatic heterocycles. The Balaban J connectivity index is 0.000000230. The minimum atomic E-state index is -1.77. The van der Waals surface area contributed by atoms with Crippen LogP contribution in [-0.2, 0) is 25.5 Å². The molecule has 0 bridgehead atoms. The van der Waals surface area contributed by atoms with Crippen molar-refractivity contribution in [2.24, 2.45) is 0 Å². The molecule has 3 heterocycles. The SMILES string of the molecule is Cc1cc(-c2[c-]cccc2)nc[c]1[Ge]([CH3])([CH3])[CH3].[2H]C(C)(C)c1ccnc(-c2[c-]ccc3c2sc2c(C)c(C(C)(C)C)ccc23)c1.[Ir]. The predicted molar refractivity (Wildman–Crippen MR) is 195 cm³/mol. The van der Waals surface area contributed by atoms with E-state index in [0.29, 0.717) is 0 Å². The molecule has 0 unspecified atom stereocenters. The van der Waals surface area contributed by atoms with Crippen molar-refractivity contribution in [3.8, 4) is 22.5 Å². The fraction of sp³-hybridized carbons (Fsp3) is 0.300. The monoisotopic (exact) mass is 852 g/mol. The molecule has 5 heteroatoms. The minimum Gasteiger partial charge on any atom is -0.305 e. The van der Waals surface area contributed by atoms with Crippen LogP contribution in [0.2, 0.25) is 17.3 Å². The van der Waals surface area contributed by atoms with Gasteiger partial charge in [0.1, 0.15) is 0 Å². The minimum absolute atomic E-state index is 0. The second kappa shape index (κ2) is 14.0. The molecule has 0 amide bonds. The molecule has 0 aliphatic carbocycles. The van der Waals surface area contributed by atoms with Gasteiger partial charge >= 0.3 is 106 Å². The van der Waals surface area contributed by atoms with Crippen LogP contribution >= 0.6 is 11.3 Å². The molecule has 0 fully saturated rings. The standard InChI is InChI=1S/C25H26NS.C15H18GeN.Ir/c1-15(2)17-12-13-26-22(14-17)20-9-7-8-18-19-10-11-21(25(4,5)6)16(3)23(19)27-24(18)20;1-12-10-15(13-8-6-5-7-9-13)17-11-14(12)16(2,3)4;/h7-8,10-15H,1-6H3;5-8,10-11H,1-4H3;/q2*-1;/i15D;;. The molecular weight excluding hydrogens is 805 g/mol. The van der Waals surface area contributed by atoms with E-state index < -0.39 is 19.2 Å². The van der Waals surface area contributed by atoms with Crippen LogP contribution in [0.25, 0.3) is 42.7 Å². The number of aromatic nitrogens is 2. The quantitative estimate of drug-likeness (QED) is 0.130. The van der Waals surface area contributed by atoms with Gasteiger partial charge in [-0.05, 0) is 51.2 Å². The summed E-state index contributed by atoms with van der Waals surface area (Å²) in [7, 11) is 0. The molecule has 235 valence electrons. The molecular formula is C40H44GeIrN2S-2. The summed E-state index contributed by atoms with van der Waals surface area (Å²) >= 11 is 0.0626. The Morgan fingerprint density at radius 3 is 2.20 bits per heavy atom. The fourth-order valence-electron chi connectivity index (χ4n) is 5.86.